The molecule has 2 aromatic heterocycles. The molecule has 5 aromatic rings. The summed E-state index contributed by atoms with van der Waals surface area (Å²) in [5.41, 5.74) is 4.68. The Morgan fingerprint density at radius 3 is 2.47 bits per heavy atom. The summed E-state index contributed by atoms with van der Waals surface area (Å²) in [5, 5.41) is 13.0. The number of pyridine rings is 1. The van der Waals surface area contributed by atoms with Crippen molar-refractivity contribution in [2.24, 2.45) is 12.5 Å². The van der Waals surface area contributed by atoms with Crippen LogP contribution in [0.4, 0.5) is 4.39 Å². The van der Waals surface area contributed by atoms with E-state index in [9.17, 15) is 4.39 Å². The number of fused-ring (bicyclic) bond motifs is 1. The van der Waals surface area contributed by atoms with E-state index < -0.39 is 0 Å². The molecule has 6 nitrogen and oxygen atoms in total. The molecule has 0 aliphatic rings. The third-order valence-corrected chi connectivity index (χ3v) is 6.29. The minimum atomic E-state index is -0.272. The molecule has 0 amide bonds. The fourth-order valence-corrected chi connectivity index (χ4v) is 4.70. The summed E-state index contributed by atoms with van der Waals surface area (Å²) in [6.45, 7) is 7.00. The van der Waals surface area contributed by atoms with Crippen molar-refractivity contribution in [2.75, 3.05) is 0 Å². The van der Waals surface area contributed by atoms with Crippen LogP contribution in [-0.2, 0) is 13.7 Å². The number of hydrogen-bond donors (Lipinski definition) is 0. The van der Waals surface area contributed by atoms with Gasteiger partial charge in [-0.25, -0.2) is 14.1 Å². The molecule has 182 valence electrons. The van der Waals surface area contributed by atoms with Crippen molar-refractivity contribution in [3.05, 3.63) is 102 Å². The fraction of sp³-hybridized carbons (Fsp3) is 0.241. The second-order valence-corrected chi connectivity index (χ2v) is 10.0. The van der Waals surface area contributed by atoms with Gasteiger partial charge in [0.2, 0.25) is 0 Å². The molecule has 0 spiro atoms. The highest BCUT2D eigenvalue weighted by atomic mass is 19.1. The fourth-order valence-electron chi connectivity index (χ4n) is 4.70. The Bertz CT molecular complexity index is 1510. The Balaban J connectivity index is 1.53. The van der Waals surface area contributed by atoms with Gasteiger partial charge in [-0.1, -0.05) is 57.2 Å². The van der Waals surface area contributed by atoms with E-state index in [4.69, 9.17) is 4.74 Å². The second kappa shape index (κ2) is 9.49. The molecule has 36 heavy (non-hydrogen) atoms. The molecule has 0 saturated heterocycles. The summed E-state index contributed by atoms with van der Waals surface area (Å²) >= 11 is 0. The third-order valence-electron chi connectivity index (χ3n) is 6.29. The van der Waals surface area contributed by atoms with Crippen LogP contribution in [0, 0.1) is 11.2 Å². The van der Waals surface area contributed by atoms with Crippen molar-refractivity contribution >= 4 is 10.9 Å². The molecule has 2 heterocycles. The molecular formula is C29H28FN5O. The van der Waals surface area contributed by atoms with E-state index in [-0.39, 0.29) is 17.2 Å². The highest BCUT2D eigenvalue weighted by Crippen LogP contribution is 2.45. The molecule has 5 rings (SSSR count). The van der Waals surface area contributed by atoms with Gasteiger partial charge in [0.05, 0.1) is 11.2 Å². The molecule has 3 aromatic carbocycles. The lowest BCUT2D eigenvalue weighted by molar-refractivity contribution is 0.300. The van der Waals surface area contributed by atoms with E-state index in [1.807, 2.05) is 37.4 Å². The average Bonchev–Trinajstić information content (AvgIpc) is 3.28. The summed E-state index contributed by atoms with van der Waals surface area (Å²) in [4.78, 5) is 4.62. The van der Waals surface area contributed by atoms with Gasteiger partial charge in [-0.3, -0.25) is 0 Å². The number of nitrogens with zero attached hydrogens (tertiary/aromatic N) is 5. The van der Waals surface area contributed by atoms with Gasteiger partial charge in [-0.2, -0.15) is 0 Å². The molecule has 7 heteroatoms. The predicted molar refractivity (Wildman–Crippen MR) is 138 cm³/mol. The van der Waals surface area contributed by atoms with Crippen molar-refractivity contribution in [3.8, 4) is 17.1 Å². The molecular weight excluding hydrogens is 453 g/mol. The molecule has 0 aliphatic carbocycles. The van der Waals surface area contributed by atoms with E-state index in [2.05, 4.69) is 71.6 Å². The lowest BCUT2D eigenvalue weighted by atomic mass is 9.71. The van der Waals surface area contributed by atoms with Crippen LogP contribution < -0.4 is 4.74 Å². The molecule has 0 aliphatic heterocycles. The summed E-state index contributed by atoms with van der Waals surface area (Å²) in [5.74, 6) is 1.23. The van der Waals surface area contributed by atoms with Crippen LogP contribution in [0.5, 0.6) is 5.75 Å². The van der Waals surface area contributed by atoms with E-state index >= 15 is 0 Å². The standard InChI is InChI=1S/C29H28FN5O/c1-29(2,3)27(19-8-6-5-7-9-19)25-17-23(13-14-24(25)28-32-33-34-35(28)4)36-18-22-12-10-20-16-21(30)11-15-26(20)31-22/h5-17,27H,18H2,1-4H3. The van der Waals surface area contributed by atoms with Crippen molar-refractivity contribution in [1.29, 1.82) is 0 Å². The largest absolute Gasteiger partial charge is 0.487 e. The zero-order valence-electron chi connectivity index (χ0n) is 20.8. The number of halogens is 1. The van der Waals surface area contributed by atoms with E-state index in [1.165, 1.54) is 17.7 Å². The van der Waals surface area contributed by atoms with Crippen molar-refractivity contribution in [1.82, 2.24) is 25.2 Å². The van der Waals surface area contributed by atoms with Crippen molar-refractivity contribution in [3.63, 3.8) is 0 Å². The number of tetrazole rings is 1. The van der Waals surface area contributed by atoms with Gasteiger partial charge in [-0.05, 0) is 69.4 Å². The normalized spacial score (nSPS) is 12.6. The first-order valence-corrected chi connectivity index (χ1v) is 11.9. The smallest absolute Gasteiger partial charge is 0.182 e. The molecule has 0 bridgehead atoms. The Morgan fingerprint density at radius 2 is 1.75 bits per heavy atom. The van der Waals surface area contributed by atoms with Crippen LogP contribution in [0.15, 0.2) is 78.9 Å². The van der Waals surface area contributed by atoms with Gasteiger partial charge in [0.15, 0.2) is 5.82 Å². The minimum Gasteiger partial charge on any atom is -0.487 e. The summed E-state index contributed by atoms with van der Waals surface area (Å²) in [6.07, 6.45) is 0. The van der Waals surface area contributed by atoms with Crippen LogP contribution in [0.25, 0.3) is 22.3 Å². The van der Waals surface area contributed by atoms with Crippen LogP contribution >= 0.6 is 0 Å². The zero-order chi connectivity index (χ0) is 25.3. The van der Waals surface area contributed by atoms with Gasteiger partial charge in [0.1, 0.15) is 18.2 Å². The van der Waals surface area contributed by atoms with E-state index in [0.717, 1.165) is 33.5 Å². The first-order chi connectivity index (χ1) is 17.3. The summed E-state index contributed by atoms with van der Waals surface area (Å²) in [6, 6.07) is 24.8. The molecule has 1 atom stereocenters. The lowest BCUT2D eigenvalue weighted by Crippen LogP contribution is -2.21. The molecule has 1 unspecified atom stereocenters. The number of rotatable bonds is 6. The monoisotopic (exact) mass is 481 g/mol. The number of aromatic nitrogens is 5. The first kappa shape index (κ1) is 23.6. The number of benzene rings is 3. The van der Waals surface area contributed by atoms with Crippen LogP contribution in [-0.4, -0.2) is 25.2 Å². The molecule has 0 saturated carbocycles. The maximum atomic E-state index is 13.5. The maximum Gasteiger partial charge on any atom is 0.182 e. The Hall–Kier alpha value is -4.13. The Labute approximate surface area is 209 Å². The van der Waals surface area contributed by atoms with Gasteiger partial charge in [-0.15, -0.1) is 5.10 Å². The minimum absolute atomic E-state index is 0.0719. The van der Waals surface area contributed by atoms with Crippen LogP contribution in [0.1, 0.15) is 43.5 Å². The zero-order valence-corrected chi connectivity index (χ0v) is 20.8. The van der Waals surface area contributed by atoms with Gasteiger partial charge in [0.25, 0.3) is 0 Å². The topological polar surface area (TPSA) is 65.7 Å². The highest BCUT2D eigenvalue weighted by molar-refractivity contribution is 5.78. The summed E-state index contributed by atoms with van der Waals surface area (Å²) in [7, 11) is 1.84. The third kappa shape index (κ3) is 4.82. The first-order valence-electron chi connectivity index (χ1n) is 11.9. The quantitative estimate of drug-likeness (QED) is 0.284. The van der Waals surface area contributed by atoms with Gasteiger partial charge >= 0.3 is 0 Å². The second-order valence-electron chi connectivity index (χ2n) is 10.0. The molecule has 0 fully saturated rings. The molecule has 0 N–H and O–H groups in total. The average molecular weight is 482 g/mol. The Morgan fingerprint density at radius 1 is 0.944 bits per heavy atom. The lowest BCUT2D eigenvalue weighted by Gasteiger charge is -2.33. The predicted octanol–water partition coefficient (Wildman–Crippen LogP) is 6.32. The SMILES string of the molecule is Cn1nnnc1-c1ccc(OCc2ccc3cc(F)ccc3n2)cc1C(c1ccccc1)C(C)(C)C. The van der Waals surface area contributed by atoms with Crippen LogP contribution in [0.3, 0.4) is 0 Å². The van der Waals surface area contributed by atoms with E-state index in [1.54, 1.807) is 10.7 Å². The van der Waals surface area contributed by atoms with Crippen molar-refractivity contribution in [2.45, 2.75) is 33.3 Å². The van der Waals surface area contributed by atoms with Crippen molar-refractivity contribution < 1.29 is 9.13 Å². The van der Waals surface area contributed by atoms with Crippen LogP contribution in [0.2, 0.25) is 0 Å². The summed E-state index contributed by atoms with van der Waals surface area (Å²) < 4.78 is 21.4. The van der Waals surface area contributed by atoms with Gasteiger partial charge < -0.3 is 4.74 Å². The number of ether oxygens (including phenoxy) is 1. The number of aryl methyl sites for hydroxylation is 1. The van der Waals surface area contributed by atoms with Gasteiger partial charge in [0, 0.05) is 23.9 Å². The molecule has 0 radical (unpaired) electrons. The Kier molecular flexibility index (Phi) is 6.22. The van der Waals surface area contributed by atoms with E-state index in [0.29, 0.717) is 12.4 Å². The highest BCUT2D eigenvalue weighted by Gasteiger charge is 2.31. The number of hydrogen-bond acceptors (Lipinski definition) is 5. The maximum absolute atomic E-state index is 13.5.